The molecule has 2 aromatic heterocycles. The number of nitriles is 1. The Labute approximate surface area is 116 Å². The van der Waals surface area contributed by atoms with Crippen molar-refractivity contribution in [3.05, 3.63) is 52.2 Å². The van der Waals surface area contributed by atoms with Crippen LogP contribution in [0, 0.1) is 11.3 Å². The molecule has 0 aliphatic carbocycles. The van der Waals surface area contributed by atoms with Crippen molar-refractivity contribution in [1.82, 2.24) is 19.2 Å². The van der Waals surface area contributed by atoms with Crippen molar-refractivity contribution in [2.45, 2.75) is 12.6 Å². The van der Waals surface area contributed by atoms with Crippen molar-refractivity contribution in [2.24, 2.45) is 7.05 Å². The molecule has 0 amide bonds. The minimum Gasteiger partial charge on any atom is -0.318 e. The standard InChI is InChI=1S/C14H15N5O/c1-17-6-11(2-3-14(17)20)7-18-9-13(10-18)19-8-12(4-15)5-16-19/h2-3,5-6,8,13H,7,9-10H2,1H3. The Morgan fingerprint density at radius 3 is 2.85 bits per heavy atom. The number of aromatic nitrogens is 3. The van der Waals surface area contributed by atoms with E-state index in [-0.39, 0.29) is 5.56 Å². The van der Waals surface area contributed by atoms with Crippen LogP contribution in [0.3, 0.4) is 0 Å². The van der Waals surface area contributed by atoms with Crippen molar-refractivity contribution >= 4 is 0 Å². The Morgan fingerprint density at radius 2 is 2.20 bits per heavy atom. The molecule has 2 aromatic rings. The molecule has 3 heterocycles. The molecular weight excluding hydrogens is 254 g/mol. The summed E-state index contributed by atoms with van der Waals surface area (Å²) in [7, 11) is 1.76. The summed E-state index contributed by atoms with van der Waals surface area (Å²) in [4.78, 5) is 13.6. The van der Waals surface area contributed by atoms with Gasteiger partial charge in [-0.25, -0.2) is 0 Å². The van der Waals surface area contributed by atoms with Crippen LogP contribution in [0.5, 0.6) is 0 Å². The third-order valence-electron chi connectivity index (χ3n) is 3.60. The summed E-state index contributed by atoms with van der Waals surface area (Å²) in [5.41, 5.74) is 1.74. The molecule has 102 valence electrons. The zero-order valence-electron chi connectivity index (χ0n) is 11.2. The van der Waals surface area contributed by atoms with Crippen LogP contribution in [-0.2, 0) is 13.6 Å². The highest BCUT2D eigenvalue weighted by molar-refractivity contribution is 5.22. The van der Waals surface area contributed by atoms with Gasteiger partial charge in [-0.1, -0.05) is 6.07 Å². The highest BCUT2D eigenvalue weighted by Gasteiger charge is 2.28. The number of likely N-dealkylation sites (tertiary alicyclic amines) is 1. The number of pyridine rings is 1. The van der Waals surface area contributed by atoms with E-state index in [4.69, 9.17) is 5.26 Å². The number of hydrogen-bond donors (Lipinski definition) is 0. The quantitative estimate of drug-likeness (QED) is 0.814. The molecule has 0 saturated carbocycles. The monoisotopic (exact) mass is 269 g/mol. The van der Waals surface area contributed by atoms with Crippen molar-refractivity contribution in [1.29, 1.82) is 5.26 Å². The van der Waals surface area contributed by atoms with Crippen LogP contribution in [0.25, 0.3) is 0 Å². The maximum Gasteiger partial charge on any atom is 0.250 e. The number of aryl methyl sites for hydroxylation is 1. The second-order valence-electron chi connectivity index (χ2n) is 5.16. The van der Waals surface area contributed by atoms with Gasteiger partial charge in [0.25, 0.3) is 0 Å². The van der Waals surface area contributed by atoms with Crippen LogP contribution in [0.15, 0.2) is 35.5 Å². The van der Waals surface area contributed by atoms with E-state index in [9.17, 15) is 4.79 Å². The van der Waals surface area contributed by atoms with E-state index in [1.165, 1.54) is 0 Å². The van der Waals surface area contributed by atoms with Gasteiger partial charge in [0.15, 0.2) is 0 Å². The maximum absolute atomic E-state index is 11.3. The van der Waals surface area contributed by atoms with Gasteiger partial charge < -0.3 is 4.57 Å². The molecule has 0 radical (unpaired) electrons. The van der Waals surface area contributed by atoms with Crippen LogP contribution >= 0.6 is 0 Å². The lowest BCUT2D eigenvalue weighted by molar-refractivity contribution is 0.0907. The summed E-state index contributed by atoms with van der Waals surface area (Å²) in [5.74, 6) is 0. The SMILES string of the molecule is Cn1cc(CN2CC(n3cc(C#N)cn3)C2)ccc1=O. The molecule has 1 saturated heterocycles. The lowest BCUT2D eigenvalue weighted by Gasteiger charge is -2.39. The largest absolute Gasteiger partial charge is 0.318 e. The molecular formula is C14H15N5O. The van der Waals surface area contributed by atoms with Gasteiger partial charge in [0.05, 0.1) is 17.8 Å². The van der Waals surface area contributed by atoms with E-state index < -0.39 is 0 Å². The molecule has 0 aromatic carbocycles. The fourth-order valence-corrected chi connectivity index (χ4v) is 2.44. The summed E-state index contributed by atoms with van der Waals surface area (Å²) in [6.45, 7) is 2.65. The minimum atomic E-state index is 0.0100. The topological polar surface area (TPSA) is 66.8 Å². The molecule has 6 heteroatoms. The second-order valence-corrected chi connectivity index (χ2v) is 5.16. The molecule has 0 atom stereocenters. The Bertz CT molecular complexity index is 718. The first-order valence-corrected chi connectivity index (χ1v) is 6.48. The second kappa shape index (κ2) is 4.94. The number of hydrogen-bond acceptors (Lipinski definition) is 4. The van der Waals surface area contributed by atoms with Crippen molar-refractivity contribution < 1.29 is 0 Å². The van der Waals surface area contributed by atoms with E-state index in [0.29, 0.717) is 11.6 Å². The normalized spacial score (nSPS) is 15.8. The molecule has 0 unspecified atom stereocenters. The zero-order chi connectivity index (χ0) is 14.1. The molecule has 1 aliphatic rings. The summed E-state index contributed by atoms with van der Waals surface area (Å²) >= 11 is 0. The van der Waals surface area contributed by atoms with Gasteiger partial charge in [-0.05, 0) is 5.56 Å². The Kier molecular flexibility index (Phi) is 3.12. The maximum atomic E-state index is 11.3. The molecule has 0 bridgehead atoms. The fourth-order valence-electron chi connectivity index (χ4n) is 2.44. The van der Waals surface area contributed by atoms with Crippen LogP contribution < -0.4 is 5.56 Å². The molecule has 6 nitrogen and oxygen atoms in total. The fraction of sp³-hybridized carbons (Fsp3) is 0.357. The average molecular weight is 269 g/mol. The van der Waals surface area contributed by atoms with E-state index in [0.717, 1.165) is 25.2 Å². The van der Waals surface area contributed by atoms with Crippen LogP contribution in [-0.4, -0.2) is 32.3 Å². The van der Waals surface area contributed by atoms with Gasteiger partial charge >= 0.3 is 0 Å². The summed E-state index contributed by atoms with van der Waals surface area (Å²) in [5, 5.41) is 13.0. The van der Waals surface area contributed by atoms with Crippen molar-refractivity contribution in [3.63, 3.8) is 0 Å². The minimum absolute atomic E-state index is 0.0100. The first kappa shape index (κ1) is 12.6. The molecule has 0 spiro atoms. The van der Waals surface area contributed by atoms with Gasteiger partial charge in [0, 0.05) is 45.1 Å². The summed E-state index contributed by atoms with van der Waals surface area (Å²) < 4.78 is 3.45. The van der Waals surface area contributed by atoms with Gasteiger partial charge in [-0.2, -0.15) is 10.4 Å². The van der Waals surface area contributed by atoms with E-state index in [1.807, 2.05) is 16.9 Å². The molecule has 1 fully saturated rings. The summed E-state index contributed by atoms with van der Waals surface area (Å²) in [6.07, 6.45) is 5.25. The average Bonchev–Trinajstić information content (AvgIpc) is 2.86. The lowest BCUT2D eigenvalue weighted by Crippen LogP contribution is -2.47. The lowest BCUT2D eigenvalue weighted by atomic mass is 10.1. The summed E-state index contributed by atoms with van der Waals surface area (Å²) in [6, 6.07) is 5.89. The third kappa shape index (κ3) is 2.36. The molecule has 20 heavy (non-hydrogen) atoms. The first-order valence-electron chi connectivity index (χ1n) is 6.48. The Hall–Kier alpha value is -2.39. The number of rotatable bonds is 3. The van der Waals surface area contributed by atoms with Gasteiger partial charge in [0.1, 0.15) is 6.07 Å². The molecule has 1 aliphatic heterocycles. The van der Waals surface area contributed by atoms with Gasteiger partial charge in [-0.15, -0.1) is 0 Å². The first-order chi connectivity index (χ1) is 9.65. The van der Waals surface area contributed by atoms with Gasteiger partial charge in [0.2, 0.25) is 5.56 Å². The van der Waals surface area contributed by atoms with Crippen molar-refractivity contribution in [3.8, 4) is 6.07 Å². The van der Waals surface area contributed by atoms with Crippen molar-refractivity contribution in [2.75, 3.05) is 13.1 Å². The smallest absolute Gasteiger partial charge is 0.250 e. The van der Waals surface area contributed by atoms with Crippen LogP contribution in [0.2, 0.25) is 0 Å². The molecule has 3 rings (SSSR count). The van der Waals surface area contributed by atoms with E-state index >= 15 is 0 Å². The van der Waals surface area contributed by atoms with Crippen LogP contribution in [0.1, 0.15) is 17.2 Å². The highest BCUT2D eigenvalue weighted by Crippen LogP contribution is 2.22. The molecule has 0 N–H and O–H groups in total. The van der Waals surface area contributed by atoms with Gasteiger partial charge in [-0.3, -0.25) is 14.4 Å². The van der Waals surface area contributed by atoms with E-state index in [1.54, 1.807) is 30.1 Å². The zero-order valence-corrected chi connectivity index (χ0v) is 11.2. The Balaban J connectivity index is 1.59. The number of nitrogens with zero attached hydrogens (tertiary/aromatic N) is 5. The Morgan fingerprint density at radius 1 is 1.40 bits per heavy atom. The van der Waals surface area contributed by atoms with Crippen LogP contribution in [0.4, 0.5) is 0 Å². The predicted octanol–water partition coefficient (Wildman–Crippen LogP) is 0.510. The predicted molar refractivity (Wildman–Crippen MR) is 72.9 cm³/mol. The third-order valence-corrected chi connectivity index (χ3v) is 3.60. The van der Waals surface area contributed by atoms with E-state index in [2.05, 4.69) is 16.1 Å². The highest BCUT2D eigenvalue weighted by atomic mass is 16.1.